The fraction of sp³-hybridized carbons (Fsp3) is 0.211. The standard InChI is InChI=1S/C19H20N2O5S2/c1-13-10-16(21-14(2)22)5-6-17(13)28(24,25)20-12-19(23,15-7-8-26-11-15)18-4-3-9-27-18/h3-11,20,23H,12H2,1-2H3,(H,21,22)/t19-/m1/s1. The minimum Gasteiger partial charge on any atom is -0.472 e. The number of aryl methyl sites for hydroxylation is 1. The summed E-state index contributed by atoms with van der Waals surface area (Å²) in [7, 11) is -3.90. The molecule has 0 unspecified atom stereocenters. The quantitative estimate of drug-likeness (QED) is 0.545. The van der Waals surface area contributed by atoms with E-state index < -0.39 is 15.6 Å². The summed E-state index contributed by atoms with van der Waals surface area (Å²) in [4.78, 5) is 11.8. The number of nitrogens with one attached hydrogen (secondary N) is 2. The number of carbonyl (C=O) groups excluding carboxylic acids is 1. The zero-order valence-corrected chi connectivity index (χ0v) is 16.9. The number of benzene rings is 1. The molecule has 0 saturated heterocycles. The summed E-state index contributed by atoms with van der Waals surface area (Å²) < 4.78 is 33.3. The lowest BCUT2D eigenvalue weighted by Crippen LogP contribution is -2.41. The van der Waals surface area contributed by atoms with Crippen LogP contribution in [0.2, 0.25) is 0 Å². The van der Waals surface area contributed by atoms with Gasteiger partial charge < -0.3 is 14.8 Å². The second-order valence-corrected chi connectivity index (χ2v) is 9.02. The van der Waals surface area contributed by atoms with Gasteiger partial charge in [-0.2, -0.15) is 0 Å². The van der Waals surface area contributed by atoms with E-state index in [-0.39, 0.29) is 17.3 Å². The lowest BCUT2D eigenvalue weighted by Gasteiger charge is -2.26. The van der Waals surface area contributed by atoms with Crippen molar-refractivity contribution in [2.75, 3.05) is 11.9 Å². The van der Waals surface area contributed by atoms with Crippen LogP contribution in [0.1, 0.15) is 22.9 Å². The first-order chi connectivity index (χ1) is 13.2. The Morgan fingerprint density at radius 2 is 2.07 bits per heavy atom. The van der Waals surface area contributed by atoms with Crippen LogP contribution in [0.3, 0.4) is 0 Å². The fourth-order valence-electron chi connectivity index (χ4n) is 2.85. The average molecular weight is 421 g/mol. The molecule has 9 heteroatoms. The Morgan fingerprint density at radius 1 is 1.29 bits per heavy atom. The number of aliphatic hydroxyl groups is 1. The highest BCUT2D eigenvalue weighted by molar-refractivity contribution is 7.89. The molecule has 3 rings (SSSR count). The summed E-state index contributed by atoms with van der Waals surface area (Å²) in [5.41, 5.74) is -0.118. The van der Waals surface area contributed by atoms with Crippen molar-refractivity contribution in [1.82, 2.24) is 4.72 Å². The van der Waals surface area contributed by atoms with E-state index in [0.717, 1.165) is 0 Å². The van der Waals surface area contributed by atoms with Crippen LogP contribution in [-0.4, -0.2) is 26.0 Å². The number of anilines is 1. The van der Waals surface area contributed by atoms with Crippen LogP contribution in [0.15, 0.2) is 63.6 Å². The van der Waals surface area contributed by atoms with Crippen LogP contribution in [-0.2, 0) is 20.4 Å². The van der Waals surface area contributed by atoms with Crippen LogP contribution in [0.4, 0.5) is 5.69 Å². The zero-order valence-electron chi connectivity index (χ0n) is 15.3. The Balaban J connectivity index is 1.87. The molecule has 0 radical (unpaired) electrons. The third-order valence-corrected chi connectivity index (χ3v) is 6.81. The van der Waals surface area contributed by atoms with E-state index in [0.29, 0.717) is 21.7 Å². The third-order valence-electron chi connectivity index (χ3n) is 4.23. The van der Waals surface area contributed by atoms with Crippen molar-refractivity contribution in [3.63, 3.8) is 0 Å². The number of rotatable bonds is 7. The number of hydrogen-bond acceptors (Lipinski definition) is 6. The molecule has 0 fully saturated rings. The van der Waals surface area contributed by atoms with E-state index in [1.165, 1.54) is 42.9 Å². The van der Waals surface area contributed by atoms with E-state index >= 15 is 0 Å². The molecule has 0 bridgehead atoms. The van der Waals surface area contributed by atoms with Crippen LogP contribution in [0.25, 0.3) is 0 Å². The molecule has 1 atom stereocenters. The molecule has 2 heterocycles. The number of hydrogen-bond donors (Lipinski definition) is 3. The number of furan rings is 1. The van der Waals surface area contributed by atoms with Gasteiger partial charge in [-0.3, -0.25) is 4.79 Å². The Morgan fingerprint density at radius 3 is 2.64 bits per heavy atom. The van der Waals surface area contributed by atoms with Crippen LogP contribution in [0, 0.1) is 6.92 Å². The molecule has 1 aromatic carbocycles. The van der Waals surface area contributed by atoms with Crippen molar-refractivity contribution in [2.45, 2.75) is 24.3 Å². The van der Waals surface area contributed by atoms with Gasteiger partial charge in [-0.05, 0) is 48.2 Å². The monoisotopic (exact) mass is 420 g/mol. The highest BCUT2D eigenvalue weighted by Gasteiger charge is 2.35. The first kappa shape index (κ1) is 20.3. The van der Waals surface area contributed by atoms with Crippen molar-refractivity contribution in [3.8, 4) is 0 Å². The number of carbonyl (C=O) groups is 1. The molecule has 148 valence electrons. The van der Waals surface area contributed by atoms with Gasteiger partial charge in [-0.1, -0.05) is 6.07 Å². The molecule has 1 amide bonds. The molecule has 0 spiro atoms. The smallest absolute Gasteiger partial charge is 0.240 e. The summed E-state index contributed by atoms with van der Waals surface area (Å²) in [6.45, 7) is 2.76. The molecule has 0 aliphatic carbocycles. The van der Waals surface area contributed by atoms with Gasteiger partial charge in [0.05, 0.1) is 17.4 Å². The van der Waals surface area contributed by atoms with Gasteiger partial charge >= 0.3 is 0 Å². The van der Waals surface area contributed by atoms with Crippen molar-refractivity contribution >= 4 is 33.0 Å². The molecule has 0 saturated carbocycles. The van der Waals surface area contributed by atoms with Crippen molar-refractivity contribution in [1.29, 1.82) is 0 Å². The highest BCUT2D eigenvalue weighted by Crippen LogP contribution is 2.33. The van der Waals surface area contributed by atoms with E-state index in [1.54, 1.807) is 36.6 Å². The predicted molar refractivity (Wildman–Crippen MR) is 107 cm³/mol. The van der Waals surface area contributed by atoms with Crippen LogP contribution >= 0.6 is 11.3 Å². The van der Waals surface area contributed by atoms with Gasteiger partial charge in [0.15, 0.2) is 0 Å². The Labute approximate surface area is 167 Å². The Kier molecular flexibility index (Phi) is 5.71. The van der Waals surface area contributed by atoms with Gasteiger partial charge in [0.25, 0.3) is 0 Å². The largest absolute Gasteiger partial charge is 0.472 e. The van der Waals surface area contributed by atoms with Gasteiger partial charge in [0.1, 0.15) is 5.60 Å². The molecule has 2 aromatic heterocycles. The SMILES string of the molecule is CC(=O)Nc1ccc(S(=O)(=O)NC[C@@](O)(c2ccoc2)c2cccs2)c(C)c1. The second-order valence-electron chi connectivity index (χ2n) is 6.34. The summed E-state index contributed by atoms with van der Waals surface area (Å²) in [6.07, 6.45) is 2.81. The fourth-order valence-corrected chi connectivity index (χ4v) is 4.98. The summed E-state index contributed by atoms with van der Waals surface area (Å²) in [5.74, 6) is -0.241. The highest BCUT2D eigenvalue weighted by atomic mass is 32.2. The van der Waals surface area contributed by atoms with Gasteiger partial charge in [-0.15, -0.1) is 11.3 Å². The maximum Gasteiger partial charge on any atom is 0.240 e. The molecule has 3 aromatic rings. The van der Waals surface area contributed by atoms with E-state index in [4.69, 9.17) is 4.42 Å². The first-order valence-corrected chi connectivity index (χ1v) is 10.8. The molecular formula is C19H20N2O5S2. The minimum absolute atomic E-state index is 0.0716. The van der Waals surface area contributed by atoms with Crippen molar-refractivity contribution in [3.05, 3.63) is 70.3 Å². The van der Waals surface area contributed by atoms with Crippen molar-refractivity contribution < 1.29 is 22.7 Å². The maximum absolute atomic E-state index is 12.8. The third kappa shape index (κ3) is 4.17. The topological polar surface area (TPSA) is 109 Å². The van der Waals surface area contributed by atoms with Crippen molar-refractivity contribution in [2.24, 2.45) is 0 Å². The molecule has 28 heavy (non-hydrogen) atoms. The first-order valence-electron chi connectivity index (χ1n) is 8.39. The van der Waals surface area contributed by atoms with Gasteiger partial charge in [0, 0.05) is 29.6 Å². The molecule has 7 nitrogen and oxygen atoms in total. The normalized spacial score (nSPS) is 13.8. The second kappa shape index (κ2) is 7.88. The van der Waals surface area contributed by atoms with Gasteiger partial charge in [0.2, 0.25) is 15.9 Å². The molecule has 0 aliphatic rings. The zero-order chi connectivity index (χ0) is 20.4. The predicted octanol–water partition coefficient (Wildman–Crippen LogP) is 2.82. The van der Waals surface area contributed by atoms with E-state index in [9.17, 15) is 18.3 Å². The van der Waals surface area contributed by atoms with Crippen LogP contribution in [0.5, 0.6) is 0 Å². The minimum atomic E-state index is -3.90. The number of thiophene rings is 1. The molecular weight excluding hydrogens is 400 g/mol. The Hall–Kier alpha value is -2.46. The summed E-state index contributed by atoms with van der Waals surface area (Å²) in [5, 5.41) is 15.7. The van der Waals surface area contributed by atoms with Gasteiger partial charge in [-0.25, -0.2) is 13.1 Å². The number of amides is 1. The van der Waals surface area contributed by atoms with E-state index in [2.05, 4.69) is 10.0 Å². The Bertz CT molecular complexity index is 1020. The number of sulfonamides is 1. The summed E-state index contributed by atoms with van der Waals surface area (Å²) in [6, 6.07) is 9.64. The van der Waals surface area contributed by atoms with E-state index in [1.807, 2.05) is 0 Å². The average Bonchev–Trinajstić information content (AvgIpc) is 3.33. The lowest BCUT2D eigenvalue weighted by molar-refractivity contribution is -0.114. The molecule has 0 aliphatic heterocycles. The lowest BCUT2D eigenvalue weighted by atomic mass is 9.95. The maximum atomic E-state index is 12.8. The van der Waals surface area contributed by atoms with Crippen LogP contribution < -0.4 is 10.0 Å². The molecule has 3 N–H and O–H groups in total. The summed E-state index contributed by atoms with van der Waals surface area (Å²) >= 11 is 1.32.